The molecular formula is C12H22Na2O14. The van der Waals surface area contributed by atoms with E-state index in [1.165, 1.54) is 0 Å². The Balaban J connectivity index is -0.000000186. The van der Waals surface area contributed by atoms with Gasteiger partial charge in [-0.1, -0.05) is 0 Å². The number of carbonyl (C=O) groups is 2. The molecule has 0 amide bonds. The van der Waals surface area contributed by atoms with Crippen LogP contribution in [0.3, 0.4) is 0 Å². The number of aliphatic hydroxyl groups is 5. The maximum absolute atomic E-state index is 10.7. The van der Waals surface area contributed by atoms with Crippen LogP contribution in [0.1, 0.15) is 12.8 Å². The first-order valence-electron chi connectivity index (χ1n) is 6.86. The fraction of sp³-hybridized carbons (Fsp3) is 0.833. The molecule has 0 aliphatic carbocycles. The summed E-state index contributed by atoms with van der Waals surface area (Å²) in [6, 6.07) is 0. The van der Waals surface area contributed by atoms with Gasteiger partial charge < -0.3 is 64.6 Å². The number of aliphatic hydroxyl groups excluding tert-OH is 5. The molecule has 1 rings (SSSR count). The number of carboxylic acids is 1. The summed E-state index contributed by atoms with van der Waals surface area (Å²) in [5, 5.41) is 52.4. The molecule has 28 heavy (non-hydrogen) atoms. The molecular weight excluding hydrogens is 414 g/mol. The summed E-state index contributed by atoms with van der Waals surface area (Å²) >= 11 is 0. The molecule has 4 unspecified atom stereocenters. The number of aliphatic carboxylic acids is 1. The summed E-state index contributed by atoms with van der Waals surface area (Å²) in [7, 11) is 0. The van der Waals surface area contributed by atoms with E-state index in [-0.39, 0.29) is 71.0 Å². The topological polar surface area (TPSA) is 234 Å². The molecule has 0 radical (unpaired) electrons. The number of carboxylic acid groups (broad SMARTS) is 1. The monoisotopic (exact) mass is 436 g/mol. The van der Waals surface area contributed by atoms with Gasteiger partial charge in [0, 0.05) is 12.4 Å². The summed E-state index contributed by atoms with van der Waals surface area (Å²) in [6.07, 6.45) is -5.02. The van der Waals surface area contributed by atoms with Crippen molar-refractivity contribution in [2.75, 3.05) is 27.2 Å². The Kier molecular flexibility index (Phi) is 28.5. The van der Waals surface area contributed by atoms with Gasteiger partial charge in [-0.15, -0.1) is 0 Å². The number of esters is 1. The third-order valence-corrected chi connectivity index (χ3v) is 2.67. The maximum Gasteiger partial charge on any atom is 1.00 e. The second-order valence-electron chi connectivity index (χ2n) is 4.29. The van der Waals surface area contributed by atoms with E-state index < -0.39 is 70.3 Å². The van der Waals surface area contributed by atoms with Crippen LogP contribution in [0.15, 0.2) is 0 Å². The van der Waals surface area contributed by atoms with Crippen molar-refractivity contribution in [1.82, 2.24) is 0 Å². The average molecular weight is 436 g/mol. The Hall–Kier alpha value is 0.540. The zero-order chi connectivity index (χ0) is 19.2. The van der Waals surface area contributed by atoms with Crippen molar-refractivity contribution in [1.29, 1.82) is 0 Å². The predicted octanol–water partition coefficient (Wildman–Crippen LogP) is -10.9. The van der Waals surface area contributed by atoms with Crippen molar-refractivity contribution < 1.29 is 129 Å². The number of hydrogen-bond donors (Lipinski definition) is 5. The van der Waals surface area contributed by atoms with Crippen molar-refractivity contribution in [2.45, 2.75) is 37.6 Å². The summed E-state index contributed by atoms with van der Waals surface area (Å²) in [5.74, 6) is -1.93. The molecule has 1 fully saturated rings. The summed E-state index contributed by atoms with van der Waals surface area (Å²) in [6.45, 7) is -2.60. The van der Waals surface area contributed by atoms with Crippen molar-refractivity contribution in [3.05, 3.63) is 0 Å². The van der Waals surface area contributed by atoms with Crippen molar-refractivity contribution in [3.8, 4) is 0 Å². The zero-order valence-corrected chi connectivity index (χ0v) is 19.5. The van der Waals surface area contributed by atoms with Crippen LogP contribution in [0.25, 0.3) is 0 Å². The third kappa shape index (κ3) is 16.3. The minimum absolute atomic E-state index is 0. The molecule has 1 saturated heterocycles. The van der Waals surface area contributed by atoms with Crippen LogP contribution in [0, 0.1) is 0 Å². The molecule has 16 heteroatoms. The van der Waals surface area contributed by atoms with Gasteiger partial charge in [-0.05, 0) is 0 Å². The molecule has 156 valence electrons. The number of cyclic esters (lactones) is 1. The van der Waals surface area contributed by atoms with Crippen molar-refractivity contribution in [3.63, 3.8) is 0 Å². The molecule has 0 saturated carbocycles. The minimum Gasteiger partial charge on any atom is -0.870 e. The quantitative estimate of drug-likeness (QED) is 0.115. The van der Waals surface area contributed by atoms with E-state index in [0.29, 0.717) is 0 Å². The van der Waals surface area contributed by atoms with Gasteiger partial charge in [0.05, 0.1) is 6.42 Å². The Morgan fingerprint density at radius 2 is 1.61 bits per heavy atom. The van der Waals surface area contributed by atoms with Gasteiger partial charge in [-0.3, -0.25) is 4.79 Å². The van der Waals surface area contributed by atoms with Gasteiger partial charge in [0.2, 0.25) is 6.29 Å². The van der Waals surface area contributed by atoms with Gasteiger partial charge in [-0.2, -0.15) is 0 Å². The predicted molar refractivity (Wildman–Crippen MR) is 72.3 cm³/mol. The van der Waals surface area contributed by atoms with E-state index in [2.05, 4.69) is 18.9 Å². The van der Waals surface area contributed by atoms with E-state index in [0.717, 1.165) is 0 Å². The van der Waals surface area contributed by atoms with E-state index >= 15 is 0 Å². The minimum atomic E-state index is -1.62. The molecule has 1 aliphatic heterocycles. The molecule has 6 N–H and O–H groups in total. The Labute approximate surface area is 204 Å². The first-order chi connectivity index (χ1) is 11.9. The van der Waals surface area contributed by atoms with Gasteiger partial charge in [0.25, 0.3) is 0 Å². The average Bonchev–Trinajstić information content (AvgIpc) is 2.88. The molecule has 1 heterocycles. The molecule has 0 aromatic rings. The second kappa shape index (κ2) is 22.2. The Morgan fingerprint density at radius 3 is 2.04 bits per heavy atom. The molecule has 14 nitrogen and oxygen atoms in total. The molecule has 0 bridgehead atoms. The third-order valence-electron chi connectivity index (χ3n) is 2.67. The van der Waals surface area contributed by atoms with E-state index in [1.807, 2.05) is 0 Å². The van der Waals surface area contributed by atoms with Crippen molar-refractivity contribution in [2.24, 2.45) is 0 Å². The number of hydrogen-bond acceptors (Lipinski definition) is 14. The van der Waals surface area contributed by atoms with Crippen molar-refractivity contribution >= 4 is 11.9 Å². The normalized spacial score (nSPS) is 19.5. The molecule has 0 spiro atoms. The summed E-state index contributed by atoms with van der Waals surface area (Å²) in [4.78, 5) is 20.8. The number of ether oxygens (including phenoxy) is 5. The van der Waals surface area contributed by atoms with Crippen LogP contribution in [0.4, 0.5) is 0 Å². The first-order valence-corrected chi connectivity index (χ1v) is 6.86. The van der Waals surface area contributed by atoms with Gasteiger partial charge >= 0.3 is 65.1 Å². The Morgan fingerprint density at radius 1 is 1.07 bits per heavy atom. The fourth-order valence-corrected chi connectivity index (χ4v) is 1.65. The van der Waals surface area contributed by atoms with Gasteiger partial charge in [-0.25, -0.2) is 0 Å². The zero-order valence-electron chi connectivity index (χ0n) is 15.5. The SMILES string of the molecule is O=C([O-])CC(OCO)C(O)OCO.O=C1CC(OCO)C(OCO)O1.[Na+].[Na+].[OH-]. The smallest absolute Gasteiger partial charge is 0.870 e. The standard InChI is InChI=1S/C6H12O7.C6H10O6.2Na.H2O/c7-2-12-4(1-5(9)10)6(11)13-3-8;7-2-10-4-1-5(9)12-6(4)11-3-8;;;/h4,6-8,11H,1-3H2,(H,9,10);4,6-8H,1-3H2;;;1H2/q;;2*+1;/p-2. The molecule has 1 aliphatic rings. The molecule has 0 aromatic carbocycles. The number of rotatable bonds is 11. The van der Waals surface area contributed by atoms with Crippen LogP contribution >= 0.6 is 0 Å². The number of carbonyl (C=O) groups excluding carboxylic acids is 2. The van der Waals surface area contributed by atoms with Gasteiger partial charge in [0.1, 0.15) is 39.4 Å². The Bertz CT molecular complexity index is 371. The van der Waals surface area contributed by atoms with Crippen LogP contribution in [-0.4, -0.2) is 94.9 Å². The van der Waals surface area contributed by atoms with E-state index in [1.54, 1.807) is 0 Å². The van der Waals surface area contributed by atoms with Crippen LogP contribution in [-0.2, 0) is 33.3 Å². The second-order valence-corrected chi connectivity index (χ2v) is 4.29. The van der Waals surface area contributed by atoms with E-state index in [4.69, 9.17) is 30.3 Å². The maximum atomic E-state index is 10.7. The fourth-order valence-electron chi connectivity index (χ4n) is 1.65. The molecule has 0 aromatic heterocycles. The van der Waals surface area contributed by atoms with Crippen LogP contribution in [0.2, 0.25) is 0 Å². The largest absolute Gasteiger partial charge is 1.00 e. The van der Waals surface area contributed by atoms with Crippen LogP contribution < -0.4 is 64.2 Å². The van der Waals surface area contributed by atoms with Gasteiger partial charge in [0.15, 0.2) is 6.29 Å². The van der Waals surface area contributed by atoms with E-state index in [9.17, 15) is 14.7 Å². The first kappa shape index (κ1) is 35.9. The van der Waals surface area contributed by atoms with Crippen LogP contribution in [0.5, 0.6) is 0 Å². The summed E-state index contributed by atoms with van der Waals surface area (Å²) in [5.41, 5.74) is 0. The molecule has 4 atom stereocenters. The summed E-state index contributed by atoms with van der Waals surface area (Å²) < 4.78 is 22.6.